The van der Waals surface area contributed by atoms with Crippen molar-refractivity contribution in [3.63, 3.8) is 0 Å². The van der Waals surface area contributed by atoms with Gasteiger partial charge in [-0.1, -0.05) is 47.5 Å². The first-order chi connectivity index (χ1) is 14.0. The van der Waals surface area contributed by atoms with Gasteiger partial charge in [0.15, 0.2) is 0 Å². The third-order valence-electron chi connectivity index (χ3n) is 4.86. The van der Waals surface area contributed by atoms with E-state index in [1.807, 2.05) is 0 Å². The highest BCUT2D eigenvalue weighted by Crippen LogP contribution is 2.48. The van der Waals surface area contributed by atoms with E-state index < -0.39 is 11.8 Å². The Labute approximate surface area is 177 Å². The van der Waals surface area contributed by atoms with Gasteiger partial charge in [-0.25, -0.2) is 4.79 Å². The van der Waals surface area contributed by atoms with Gasteiger partial charge in [0.1, 0.15) is 0 Å². The van der Waals surface area contributed by atoms with Crippen LogP contribution in [0.4, 0.5) is 5.69 Å². The molecule has 2 aliphatic heterocycles. The predicted molar refractivity (Wildman–Crippen MR) is 109 cm³/mol. The van der Waals surface area contributed by atoms with Crippen LogP contribution in [0.3, 0.4) is 0 Å². The third kappa shape index (κ3) is 3.42. The molecule has 1 spiro atoms. The molecule has 2 heterocycles. The van der Waals surface area contributed by atoms with Gasteiger partial charge in [-0.3, -0.25) is 4.79 Å². The second-order valence-electron chi connectivity index (χ2n) is 6.54. The average molecular weight is 434 g/mol. The lowest BCUT2D eigenvalue weighted by molar-refractivity contribution is -0.180. The normalized spacial score (nSPS) is 17.3. The monoisotopic (exact) mass is 433 g/mol. The van der Waals surface area contributed by atoms with E-state index in [4.69, 9.17) is 32.7 Å². The lowest BCUT2D eigenvalue weighted by Gasteiger charge is -2.22. The molecule has 2 aromatic carbocycles. The van der Waals surface area contributed by atoms with Crippen molar-refractivity contribution in [1.29, 1.82) is 0 Å². The molecule has 0 radical (unpaired) electrons. The summed E-state index contributed by atoms with van der Waals surface area (Å²) in [5.41, 5.74) is 2.57. The highest BCUT2D eigenvalue weighted by Gasteiger charge is 2.56. The molecule has 2 aliphatic rings. The Balaban J connectivity index is 1.82. The third-order valence-corrected chi connectivity index (χ3v) is 5.44. The van der Waals surface area contributed by atoms with Gasteiger partial charge in [0.2, 0.25) is 0 Å². The van der Waals surface area contributed by atoms with Crippen LogP contribution in [0.25, 0.3) is 6.08 Å². The number of esters is 1. The van der Waals surface area contributed by atoms with E-state index in [2.05, 4.69) is 4.74 Å². The second-order valence-corrected chi connectivity index (χ2v) is 7.38. The highest BCUT2D eigenvalue weighted by molar-refractivity contribution is 6.35. The van der Waals surface area contributed by atoms with Crippen molar-refractivity contribution in [3.05, 3.63) is 69.2 Å². The fourth-order valence-corrected chi connectivity index (χ4v) is 4.01. The molecule has 0 aliphatic carbocycles. The van der Waals surface area contributed by atoms with Crippen molar-refractivity contribution in [2.24, 2.45) is 0 Å². The Morgan fingerprint density at radius 2 is 2.00 bits per heavy atom. The molecule has 0 atom stereocenters. The summed E-state index contributed by atoms with van der Waals surface area (Å²) in [7, 11) is 1.30. The number of hydrogen-bond donors (Lipinski definition) is 0. The average Bonchev–Trinajstić information content (AvgIpc) is 3.29. The number of hydrogen-bond acceptors (Lipinski definition) is 5. The van der Waals surface area contributed by atoms with Gasteiger partial charge < -0.3 is 19.1 Å². The largest absolute Gasteiger partial charge is 0.466 e. The van der Waals surface area contributed by atoms with Gasteiger partial charge >= 0.3 is 5.97 Å². The summed E-state index contributed by atoms with van der Waals surface area (Å²) < 4.78 is 16.2. The number of ether oxygens (including phenoxy) is 3. The first-order valence-corrected chi connectivity index (χ1v) is 9.65. The lowest BCUT2D eigenvalue weighted by Crippen LogP contribution is -2.41. The number of amides is 1. The molecule has 6 nitrogen and oxygen atoms in total. The van der Waals surface area contributed by atoms with Crippen LogP contribution in [0.15, 0.2) is 42.5 Å². The van der Waals surface area contributed by atoms with Crippen molar-refractivity contribution >= 4 is 46.8 Å². The van der Waals surface area contributed by atoms with Gasteiger partial charge in [-0.05, 0) is 29.3 Å². The lowest BCUT2D eigenvalue weighted by atomic mass is 10.0. The minimum absolute atomic E-state index is 0.194. The van der Waals surface area contributed by atoms with Crippen LogP contribution in [0.2, 0.25) is 10.0 Å². The highest BCUT2D eigenvalue weighted by atomic mass is 35.5. The molecular weight excluding hydrogens is 417 g/mol. The Bertz CT molecular complexity index is 1010. The molecule has 150 valence electrons. The zero-order valence-corrected chi connectivity index (χ0v) is 17.0. The molecule has 1 amide bonds. The smallest absolute Gasteiger partial charge is 0.330 e. The van der Waals surface area contributed by atoms with Gasteiger partial charge in [-0.2, -0.15) is 0 Å². The van der Waals surface area contributed by atoms with Crippen LogP contribution in [0.5, 0.6) is 0 Å². The molecular formula is C21H17Cl2NO5. The number of rotatable bonds is 4. The maximum absolute atomic E-state index is 13.4. The summed E-state index contributed by atoms with van der Waals surface area (Å²) in [6.07, 6.45) is 2.90. The van der Waals surface area contributed by atoms with E-state index in [0.717, 1.165) is 5.56 Å². The predicted octanol–water partition coefficient (Wildman–Crippen LogP) is 3.93. The fraction of sp³-hybridized carbons (Fsp3) is 0.238. The van der Waals surface area contributed by atoms with Crippen molar-refractivity contribution in [1.82, 2.24) is 0 Å². The molecule has 1 fully saturated rings. The SMILES string of the molecule is COC(=O)C=Cc1cccc2c1N(Cc1ccc(Cl)cc1Cl)C(=O)C21OCCO1. The van der Waals surface area contributed by atoms with E-state index >= 15 is 0 Å². The number of nitrogens with zero attached hydrogens (tertiary/aromatic N) is 1. The Morgan fingerprint density at radius 3 is 2.69 bits per heavy atom. The van der Waals surface area contributed by atoms with Crippen molar-refractivity contribution in [3.8, 4) is 0 Å². The molecule has 0 N–H and O–H groups in total. The molecule has 0 unspecified atom stereocenters. The van der Waals surface area contributed by atoms with E-state index in [9.17, 15) is 9.59 Å². The maximum atomic E-state index is 13.4. The number of fused-ring (bicyclic) bond motifs is 2. The number of anilines is 1. The molecule has 29 heavy (non-hydrogen) atoms. The van der Waals surface area contributed by atoms with Crippen LogP contribution in [-0.2, 0) is 36.1 Å². The molecule has 0 bridgehead atoms. The minimum Gasteiger partial charge on any atom is -0.466 e. The molecule has 0 saturated carbocycles. The van der Waals surface area contributed by atoms with Crippen LogP contribution in [0.1, 0.15) is 16.7 Å². The Kier molecular flexibility index (Phi) is 5.36. The van der Waals surface area contributed by atoms with Crippen LogP contribution in [0, 0.1) is 0 Å². The van der Waals surface area contributed by atoms with Crippen molar-refractivity contribution in [2.75, 3.05) is 25.2 Å². The first kappa shape index (κ1) is 19.9. The Morgan fingerprint density at radius 1 is 1.24 bits per heavy atom. The number of para-hydroxylation sites is 1. The maximum Gasteiger partial charge on any atom is 0.330 e. The van der Waals surface area contributed by atoms with Gasteiger partial charge in [0.05, 0.1) is 32.6 Å². The minimum atomic E-state index is -1.48. The number of halogens is 2. The molecule has 2 aromatic rings. The van der Waals surface area contributed by atoms with Crippen LogP contribution >= 0.6 is 23.2 Å². The second kappa shape index (κ2) is 7.80. The van der Waals surface area contributed by atoms with E-state index in [0.29, 0.717) is 40.1 Å². The molecule has 0 aromatic heterocycles. The summed E-state index contributed by atoms with van der Waals surface area (Å²) in [6.45, 7) is 0.811. The Hall–Kier alpha value is -2.38. The summed E-state index contributed by atoms with van der Waals surface area (Å²) >= 11 is 12.3. The summed E-state index contributed by atoms with van der Waals surface area (Å²) in [5, 5.41) is 0.955. The first-order valence-electron chi connectivity index (χ1n) is 8.89. The van der Waals surface area contributed by atoms with E-state index in [1.165, 1.54) is 13.2 Å². The van der Waals surface area contributed by atoms with Crippen molar-refractivity contribution < 1.29 is 23.8 Å². The molecule has 4 rings (SSSR count). The quantitative estimate of drug-likeness (QED) is 0.539. The van der Waals surface area contributed by atoms with E-state index in [1.54, 1.807) is 47.4 Å². The fourth-order valence-electron chi connectivity index (χ4n) is 3.55. The standard InChI is InChI=1S/C21H17Cl2NO5/c1-27-18(25)8-6-13-3-2-4-16-19(13)24(20(26)21(16)28-9-10-29-21)12-14-5-7-15(22)11-17(14)23/h2-8,11H,9-10,12H2,1H3. The number of methoxy groups -OCH3 is 1. The number of carbonyl (C=O) groups excluding carboxylic acids is 2. The summed E-state index contributed by atoms with van der Waals surface area (Å²) in [5.74, 6) is -2.32. The molecule has 8 heteroatoms. The van der Waals surface area contributed by atoms with Gasteiger partial charge in [0.25, 0.3) is 11.7 Å². The summed E-state index contributed by atoms with van der Waals surface area (Å²) in [6, 6.07) is 10.5. The van der Waals surface area contributed by atoms with Crippen molar-refractivity contribution in [2.45, 2.75) is 12.3 Å². The molecule has 1 saturated heterocycles. The topological polar surface area (TPSA) is 65.1 Å². The van der Waals surface area contributed by atoms with Crippen LogP contribution < -0.4 is 4.90 Å². The zero-order valence-electron chi connectivity index (χ0n) is 15.5. The summed E-state index contributed by atoms with van der Waals surface area (Å²) in [4.78, 5) is 26.5. The number of carbonyl (C=O) groups is 2. The number of benzene rings is 2. The van der Waals surface area contributed by atoms with E-state index in [-0.39, 0.29) is 12.5 Å². The van der Waals surface area contributed by atoms with Gasteiger partial charge in [0, 0.05) is 21.7 Å². The van der Waals surface area contributed by atoms with Gasteiger partial charge in [-0.15, -0.1) is 0 Å². The zero-order chi connectivity index (χ0) is 20.6. The van der Waals surface area contributed by atoms with Crippen LogP contribution in [-0.4, -0.2) is 32.2 Å².